The van der Waals surface area contributed by atoms with Crippen molar-refractivity contribution in [2.24, 2.45) is 13.0 Å². The van der Waals surface area contributed by atoms with E-state index in [4.69, 9.17) is 5.11 Å². The van der Waals surface area contributed by atoms with Crippen LogP contribution in [0.25, 0.3) is 0 Å². The van der Waals surface area contributed by atoms with Crippen molar-refractivity contribution in [1.82, 2.24) is 9.78 Å². The number of aliphatic hydroxyl groups excluding tert-OH is 1. The molecule has 2 unspecified atom stereocenters. The molecule has 1 rings (SSSR count). The first-order valence-corrected chi connectivity index (χ1v) is 5.38. The molecule has 5 heteroatoms. The summed E-state index contributed by atoms with van der Waals surface area (Å²) in [7, 11) is 1.75. The highest BCUT2D eigenvalue weighted by atomic mass is 16.4. The van der Waals surface area contributed by atoms with Gasteiger partial charge in [0.25, 0.3) is 0 Å². The number of aromatic nitrogens is 2. The van der Waals surface area contributed by atoms with Crippen molar-refractivity contribution in [2.75, 3.05) is 0 Å². The van der Waals surface area contributed by atoms with Crippen LogP contribution in [-0.4, -0.2) is 26.0 Å². The summed E-state index contributed by atoms with van der Waals surface area (Å²) in [5.74, 6) is -1.72. The number of hydrogen-bond acceptors (Lipinski definition) is 3. The van der Waals surface area contributed by atoms with Gasteiger partial charge in [-0.15, -0.1) is 0 Å². The molecule has 1 aromatic rings. The maximum Gasteiger partial charge on any atom is 0.309 e. The first-order chi connectivity index (χ1) is 7.47. The number of rotatable bonds is 5. The van der Waals surface area contributed by atoms with Crippen LogP contribution in [0.3, 0.4) is 0 Å². The average Bonchev–Trinajstić information content (AvgIpc) is 2.53. The normalized spacial score (nSPS) is 14.8. The Kier molecular flexibility index (Phi) is 4.06. The highest BCUT2D eigenvalue weighted by Crippen LogP contribution is 2.27. The van der Waals surface area contributed by atoms with Gasteiger partial charge in [0, 0.05) is 18.8 Å². The maximum absolute atomic E-state index is 11.0. The number of carbonyl (C=O) groups is 1. The van der Waals surface area contributed by atoms with Gasteiger partial charge in [-0.2, -0.15) is 5.10 Å². The summed E-state index contributed by atoms with van der Waals surface area (Å²) in [4.78, 5) is 11.0. The van der Waals surface area contributed by atoms with E-state index in [2.05, 4.69) is 5.10 Å². The van der Waals surface area contributed by atoms with E-state index in [0.717, 1.165) is 6.42 Å². The van der Waals surface area contributed by atoms with Gasteiger partial charge in [0.1, 0.15) is 0 Å². The Labute approximate surface area is 94.7 Å². The lowest BCUT2D eigenvalue weighted by molar-refractivity contribution is -0.146. The molecule has 0 aliphatic heterocycles. The van der Waals surface area contributed by atoms with E-state index in [1.807, 2.05) is 6.92 Å². The summed E-state index contributed by atoms with van der Waals surface area (Å²) < 4.78 is 1.58. The minimum absolute atomic E-state index is 0.463. The molecule has 0 saturated heterocycles. The van der Waals surface area contributed by atoms with Gasteiger partial charge in [0.05, 0.1) is 17.7 Å². The predicted molar refractivity (Wildman–Crippen MR) is 58.9 cm³/mol. The third-order valence-electron chi connectivity index (χ3n) is 2.67. The molecule has 1 heterocycles. The molecule has 0 radical (unpaired) electrons. The first-order valence-electron chi connectivity index (χ1n) is 5.38. The van der Waals surface area contributed by atoms with Gasteiger partial charge in [0.2, 0.25) is 0 Å². The molecular weight excluding hydrogens is 208 g/mol. The average molecular weight is 226 g/mol. The number of aliphatic hydroxyl groups is 1. The molecule has 0 saturated carbocycles. The van der Waals surface area contributed by atoms with Crippen LogP contribution in [-0.2, 0) is 11.8 Å². The van der Waals surface area contributed by atoms with E-state index in [-0.39, 0.29) is 0 Å². The zero-order valence-electron chi connectivity index (χ0n) is 9.84. The number of nitrogens with zero attached hydrogens (tertiary/aromatic N) is 2. The molecule has 0 spiro atoms. The molecule has 0 aliphatic carbocycles. The highest BCUT2D eigenvalue weighted by molar-refractivity contribution is 5.71. The van der Waals surface area contributed by atoms with Crippen molar-refractivity contribution in [1.29, 1.82) is 0 Å². The molecule has 0 aromatic carbocycles. The monoisotopic (exact) mass is 226 g/mol. The Hall–Kier alpha value is -1.36. The summed E-state index contributed by atoms with van der Waals surface area (Å²) >= 11 is 0. The van der Waals surface area contributed by atoms with Crippen molar-refractivity contribution in [3.8, 4) is 0 Å². The molecular formula is C11H18N2O3. The third-order valence-corrected chi connectivity index (χ3v) is 2.67. The van der Waals surface area contributed by atoms with Gasteiger partial charge in [0.15, 0.2) is 0 Å². The number of carboxylic acid groups (broad SMARTS) is 1. The Bertz CT molecular complexity index is 373. The summed E-state index contributed by atoms with van der Waals surface area (Å²) in [5.41, 5.74) is 1.28. The van der Waals surface area contributed by atoms with Gasteiger partial charge in [-0.25, -0.2) is 0 Å². The van der Waals surface area contributed by atoms with Crippen LogP contribution in [0.15, 0.2) is 6.20 Å². The quantitative estimate of drug-likeness (QED) is 0.792. The second kappa shape index (κ2) is 5.12. The number of aryl methyl sites for hydroxylation is 2. The molecule has 2 atom stereocenters. The Morgan fingerprint density at radius 3 is 2.62 bits per heavy atom. The second-order valence-corrected chi connectivity index (χ2v) is 4.02. The molecule has 1 aromatic heterocycles. The van der Waals surface area contributed by atoms with E-state index >= 15 is 0 Å². The number of aliphatic carboxylic acids is 1. The fraction of sp³-hybridized carbons (Fsp3) is 0.636. The Morgan fingerprint density at radius 1 is 1.62 bits per heavy atom. The van der Waals surface area contributed by atoms with Crippen LogP contribution in [0.4, 0.5) is 0 Å². The lowest BCUT2D eigenvalue weighted by Gasteiger charge is -2.17. The van der Waals surface area contributed by atoms with Crippen LogP contribution >= 0.6 is 0 Å². The van der Waals surface area contributed by atoms with Crippen molar-refractivity contribution < 1.29 is 15.0 Å². The van der Waals surface area contributed by atoms with E-state index in [1.54, 1.807) is 24.9 Å². The first kappa shape index (κ1) is 12.7. The van der Waals surface area contributed by atoms with Gasteiger partial charge < -0.3 is 10.2 Å². The summed E-state index contributed by atoms with van der Waals surface area (Å²) in [6, 6.07) is 0. The standard InChI is InChI=1S/C11H18N2O3/c1-4-5-8(11(15)16)10(14)9-6-13(3)12-7(9)2/h6,8,10,14H,4-5H2,1-3H3,(H,15,16). The van der Waals surface area contributed by atoms with Crippen LogP contribution < -0.4 is 0 Å². The van der Waals surface area contributed by atoms with Gasteiger partial charge in [-0.3, -0.25) is 9.48 Å². The lowest BCUT2D eigenvalue weighted by atomic mass is 9.92. The van der Waals surface area contributed by atoms with Crippen molar-refractivity contribution in [3.05, 3.63) is 17.5 Å². The minimum atomic E-state index is -0.980. The summed E-state index contributed by atoms with van der Waals surface area (Å²) in [6.07, 6.45) is 1.88. The molecule has 2 N–H and O–H groups in total. The molecule has 5 nitrogen and oxygen atoms in total. The number of hydrogen-bond donors (Lipinski definition) is 2. The Balaban J connectivity index is 2.93. The van der Waals surface area contributed by atoms with E-state index in [0.29, 0.717) is 17.7 Å². The zero-order valence-corrected chi connectivity index (χ0v) is 9.84. The van der Waals surface area contributed by atoms with E-state index in [9.17, 15) is 9.90 Å². The van der Waals surface area contributed by atoms with Crippen molar-refractivity contribution in [2.45, 2.75) is 32.8 Å². The van der Waals surface area contributed by atoms with Crippen LogP contribution in [0.2, 0.25) is 0 Å². The molecule has 90 valence electrons. The van der Waals surface area contributed by atoms with E-state index in [1.165, 1.54) is 0 Å². The van der Waals surface area contributed by atoms with E-state index < -0.39 is 18.0 Å². The van der Waals surface area contributed by atoms with Crippen molar-refractivity contribution >= 4 is 5.97 Å². The van der Waals surface area contributed by atoms with Crippen LogP contribution in [0.5, 0.6) is 0 Å². The molecule has 0 fully saturated rings. The van der Waals surface area contributed by atoms with Crippen LogP contribution in [0.1, 0.15) is 37.1 Å². The Morgan fingerprint density at radius 2 is 2.25 bits per heavy atom. The zero-order chi connectivity index (χ0) is 12.3. The second-order valence-electron chi connectivity index (χ2n) is 4.02. The highest BCUT2D eigenvalue weighted by Gasteiger charge is 2.29. The maximum atomic E-state index is 11.0. The molecule has 16 heavy (non-hydrogen) atoms. The largest absolute Gasteiger partial charge is 0.481 e. The topological polar surface area (TPSA) is 75.3 Å². The number of carboxylic acids is 1. The fourth-order valence-electron chi connectivity index (χ4n) is 1.85. The van der Waals surface area contributed by atoms with Crippen molar-refractivity contribution in [3.63, 3.8) is 0 Å². The molecule has 0 amide bonds. The predicted octanol–water partition coefficient (Wildman–Crippen LogP) is 1.26. The molecule has 0 bridgehead atoms. The van der Waals surface area contributed by atoms with Gasteiger partial charge in [-0.1, -0.05) is 13.3 Å². The minimum Gasteiger partial charge on any atom is -0.481 e. The summed E-state index contributed by atoms with van der Waals surface area (Å²) in [5, 5.41) is 23.2. The van der Waals surface area contributed by atoms with Gasteiger partial charge >= 0.3 is 5.97 Å². The van der Waals surface area contributed by atoms with Crippen LogP contribution in [0, 0.1) is 12.8 Å². The summed E-state index contributed by atoms with van der Waals surface area (Å²) in [6.45, 7) is 3.67. The SMILES string of the molecule is CCCC(C(=O)O)C(O)c1cn(C)nc1C. The fourth-order valence-corrected chi connectivity index (χ4v) is 1.85. The van der Waals surface area contributed by atoms with Gasteiger partial charge in [-0.05, 0) is 13.3 Å². The lowest BCUT2D eigenvalue weighted by Crippen LogP contribution is -2.22. The molecule has 0 aliphatic rings. The smallest absolute Gasteiger partial charge is 0.309 e. The third kappa shape index (κ3) is 2.61.